The fraction of sp³-hybridized carbons (Fsp3) is 0.857. The predicted octanol–water partition coefficient (Wildman–Crippen LogP) is 2.66. The zero-order valence-electron chi connectivity index (χ0n) is 10.1. The summed E-state index contributed by atoms with van der Waals surface area (Å²) in [5, 5.41) is 0. The van der Waals surface area contributed by atoms with Crippen LogP contribution in [0.15, 0.2) is 12.2 Å². The Labute approximate surface area is 98.6 Å². The summed E-state index contributed by atoms with van der Waals surface area (Å²) in [4.78, 5) is 2.46. The smallest absolute Gasteiger partial charge is 0.0990 e. The highest BCUT2D eigenvalue weighted by molar-refractivity contribution is 5.09. The van der Waals surface area contributed by atoms with Crippen molar-refractivity contribution in [2.45, 2.75) is 32.1 Å². The van der Waals surface area contributed by atoms with Crippen LogP contribution in [0.1, 0.15) is 32.1 Å². The fourth-order valence-electron chi connectivity index (χ4n) is 3.51. The highest BCUT2D eigenvalue weighted by atomic mass is 16.5. The molecule has 2 heteroatoms. The monoisotopic (exact) mass is 221 g/mol. The van der Waals surface area contributed by atoms with E-state index in [9.17, 15) is 0 Å². The fourth-order valence-corrected chi connectivity index (χ4v) is 3.51. The molecule has 0 amide bonds. The highest BCUT2D eigenvalue weighted by Gasteiger charge is 2.35. The third kappa shape index (κ3) is 2.33. The van der Waals surface area contributed by atoms with E-state index in [1.54, 1.807) is 0 Å². The molecule has 2 aliphatic carbocycles. The van der Waals surface area contributed by atoms with Crippen LogP contribution in [-0.2, 0) is 4.74 Å². The number of allylic oxidation sites excluding steroid dienone is 2. The number of fused-ring (bicyclic) bond motifs is 2. The maximum Gasteiger partial charge on any atom is 0.0990 e. The minimum absolute atomic E-state index is 0.819. The summed E-state index contributed by atoms with van der Waals surface area (Å²) in [6.45, 7) is 4.35. The van der Waals surface area contributed by atoms with Crippen molar-refractivity contribution in [2.75, 3.05) is 26.4 Å². The molecule has 90 valence electrons. The summed E-state index contributed by atoms with van der Waals surface area (Å²) in [6.07, 6.45) is 11.7. The van der Waals surface area contributed by atoms with Crippen molar-refractivity contribution < 1.29 is 4.74 Å². The summed E-state index contributed by atoms with van der Waals surface area (Å²) in [5.74, 6) is 2.54. The zero-order valence-corrected chi connectivity index (χ0v) is 10.1. The molecule has 3 aliphatic rings. The Morgan fingerprint density at radius 1 is 1.06 bits per heavy atom. The molecule has 2 nitrogen and oxygen atoms in total. The van der Waals surface area contributed by atoms with Crippen LogP contribution >= 0.6 is 0 Å². The van der Waals surface area contributed by atoms with Gasteiger partial charge in [0.05, 0.1) is 13.3 Å². The Morgan fingerprint density at radius 2 is 1.94 bits per heavy atom. The molecule has 1 heterocycles. The molecule has 16 heavy (non-hydrogen) atoms. The molecule has 0 unspecified atom stereocenters. The molecule has 0 aromatic rings. The first-order valence-corrected chi connectivity index (χ1v) is 6.90. The van der Waals surface area contributed by atoms with Crippen LogP contribution in [0, 0.1) is 17.8 Å². The molecule has 3 rings (SSSR count). The van der Waals surface area contributed by atoms with Gasteiger partial charge in [-0.3, -0.25) is 4.90 Å². The Bertz CT molecular complexity index is 257. The van der Waals surface area contributed by atoms with Crippen LogP contribution in [0.25, 0.3) is 0 Å². The second kappa shape index (κ2) is 4.89. The highest BCUT2D eigenvalue weighted by Crippen LogP contribution is 2.43. The van der Waals surface area contributed by atoms with Crippen molar-refractivity contribution >= 4 is 0 Å². The quantitative estimate of drug-likeness (QED) is 0.677. The number of nitrogens with zero attached hydrogens (tertiary/aromatic N) is 1. The van der Waals surface area contributed by atoms with Crippen molar-refractivity contribution in [1.82, 2.24) is 4.90 Å². The van der Waals surface area contributed by atoms with Crippen LogP contribution in [0.3, 0.4) is 0 Å². The van der Waals surface area contributed by atoms with E-state index in [0.29, 0.717) is 0 Å². The van der Waals surface area contributed by atoms with E-state index in [0.717, 1.165) is 31.1 Å². The topological polar surface area (TPSA) is 12.5 Å². The van der Waals surface area contributed by atoms with E-state index in [4.69, 9.17) is 4.74 Å². The van der Waals surface area contributed by atoms with Gasteiger partial charge in [-0.25, -0.2) is 0 Å². The molecular weight excluding hydrogens is 198 g/mol. The van der Waals surface area contributed by atoms with Gasteiger partial charge in [-0.2, -0.15) is 0 Å². The van der Waals surface area contributed by atoms with Gasteiger partial charge in [0.2, 0.25) is 0 Å². The van der Waals surface area contributed by atoms with Crippen LogP contribution in [0.5, 0.6) is 0 Å². The van der Waals surface area contributed by atoms with E-state index >= 15 is 0 Å². The lowest BCUT2D eigenvalue weighted by atomic mass is 9.95. The van der Waals surface area contributed by atoms with Gasteiger partial charge in [-0.05, 0) is 43.4 Å². The maximum absolute atomic E-state index is 5.90. The Hall–Kier alpha value is -0.340. The summed E-state index contributed by atoms with van der Waals surface area (Å²) in [5.41, 5.74) is 0. The molecular formula is C14H23NO. The first-order valence-electron chi connectivity index (χ1n) is 6.90. The van der Waals surface area contributed by atoms with Crippen LogP contribution < -0.4 is 0 Å². The van der Waals surface area contributed by atoms with Gasteiger partial charge >= 0.3 is 0 Å². The summed E-state index contributed by atoms with van der Waals surface area (Å²) < 4.78 is 5.90. The molecule has 0 N–H and O–H groups in total. The van der Waals surface area contributed by atoms with Gasteiger partial charge in [0.1, 0.15) is 0 Å². The molecule has 0 radical (unpaired) electrons. The SMILES string of the molecule is C1=C[C@H]2C[C@@H]1C[C@H]2COCN1CCCCC1. The Morgan fingerprint density at radius 3 is 2.62 bits per heavy atom. The molecule has 1 saturated carbocycles. The van der Waals surface area contributed by atoms with E-state index in [2.05, 4.69) is 17.1 Å². The van der Waals surface area contributed by atoms with Gasteiger partial charge in [0.15, 0.2) is 0 Å². The summed E-state index contributed by atoms with van der Waals surface area (Å²) in [7, 11) is 0. The third-order valence-corrected chi connectivity index (χ3v) is 4.47. The van der Waals surface area contributed by atoms with Gasteiger partial charge in [-0.15, -0.1) is 0 Å². The number of likely N-dealkylation sites (tertiary alicyclic amines) is 1. The number of hydrogen-bond acceptors (Lipinski definition) is 2. The second-order valence-corrected chi connectivity index (χ2v) is 5.72. The normalized spacial score (nSPS) is 38.4. The summed E-state index contributed by atoms with van der Waals surface area (Å²) in [6, 6.07) is 0. The number of hydrogen-bond donors (Lipinski definition) is 0. The number of piperidine rings is 1. The first-order chi connectivity index (χ1) is 7.92. The van der Waals surface area contributed by atoms with Gasteiger partial charge in [0.25, 0.3) is 0 Å². The molecule has 2 fully saturated rings. The van der Waals surface area contributed by atoms with Crippen molar-refractivity contribution in [2.24, 2.45) is 17.8 Å². The van der Waals surface area contributed by atoms with Crippen LogP contribution in [0.4, 0.5) is 0 Å². The van der Waals surface area contributed by atoms with E-state index < -0.39 is 0 Å². The summed E-state index contributed by atoms with van der Waals surface area (Å²) >= 11 is 0. The van der Waals surface area contributed by atoms with E-state index in [1.165, 1.54) is 45.2 Å². The standard InChI is InChI=1S/C14H23NO/c1-2-6-15(7-3-1)11-16-10-14-9-12-4-5-13(14)8-12/h4-5,12-14H,1-3,6-11H2/t12-,13+,14+/m1/s1. The lowest BCUT2D eigenvalue weighted by Gasteiger charge is -2.27. The van der Waals surface area contributed by atoms with Gasteiger partial charge < -0.3 is 4.74 Å². The lowest BCUT2D eigenvalue weighted by molar-refractivity contribution is -0.000915. The van der Waals surface area contributed by atoms with E-state index in [-0.39, 0.29) is 0 Å². The molecule has 0 aromatic carbocycles. The molecule has 2 bridgehead atoms. The van der Waals surface area contributed by atoms with Crippen molar-refractivity contribution in [1.29, 1.82) is 0 Å². The third-order valence-electron chi connectivity index (χ3n) is 4.47. The Kier molecular flexibility index (Phi) is 3.30. The minimum atomic E-state index is 0.819. The van der Waals surface area contributed by atoms with Crippen molar-refractivity contribution in [3.8, 4) is 0 Å². The average Bonchev–Trinajstić information content (AvgIpc) is 2.92. The van der Waals surface area contributed by atoms with Gasteiger partial charge in [-0.1, -0.05) is 18.6 Å². The van der Waals surface area contributed by atoms with Crippen LogP contribution in [-0.4, -0.2) is 31.3 Å². The maximum atomic E-state index is 5.90. The lowest BCUT2D eigenvalue weighted by Crippen LogP contribution is -2.32. The molecule has 3 atom stereocenters. The number of rotatable bonds is 4. The second-order valence-electron chi connectivity index (χ2n) is 5.72. The predicted molar refractivity (Wildman–Crippen MR) is 65.1 cm³/mol. The molecule has 0 aromatic heterocycles. The first kappa shape index (κ1) is 10.8. The molecule has 1 aliphatic heterocycles. The minimum Gasteiger partial charge on any atom is -0.366 e. The molecule has 1 saturated heterocycles. The zero-order chi connectivity index (χ0) is 10.8. The molecule has 0 spiro atoms. The van der Waals surface area contributed by atoms with Crippen LogP contribution in [0.2, 0.25) is 0 Å². The van der Waals surface area contributed by atoms with Crippen molar-refractivity contribution in [3.05, 3.63) is 12.2 Å². The Balaban J connectivity index is 1.36. The number of ether oxygens (including phenoxy) is 1. The van der Waals surface area contributed by atoms with Crippen molar-refractivity contribution in [3.63, 3.8) is 0 Å². The van der Waals surface area contributed by atoms with E-state index in [1.807, 2.05) is 0 Å². The average molecular weight is 221 g/mol. The largest absolute Gasteiger partial charge is 0.366 e. The van der Waals surface area contributed by atoms with Gasteiger partial charge in [0, 0.05) is 13.1 Å².